The molecule has 0 atom stereocenters. The second kappa shape index (κ2) is 7.93. The second-order valence-electron chi connectivity index (χ2n) is 4.26. The van der Waals surface area contributed by atoms with Gasteiger partial charge in [0, 0.05) is 19.2 Å². The number of carbonyl (C=O) groups is 3. The van der Waals surface area contributed by atoms with Gasteiger partial charge in [-0.3, -0.25) is 14.4 Å². The molecule has 0 aliphatic carbocycles. The molecule has 0 aromatic heterocycles. The number of hydrogen-bond acceptors (Lipinski definition) is 3. The number of nitrogens with one attached hydrogen (secondary N) is 2. The van der Waals surface area contributed by atoms with Crippen molar-refractivity contribution >= 4 is 17.7 Å². The molecule has 0 spiro atoms. The molecule has 0 saturated carbocycles. The lowest BCUT2D eigenvalue weighted by molar-refractivity contribution is -0.126. The van der Waals surface area contributed by atoms with E-state index in [0.29, 0.717) is 12.1 Å². The van der Waals surface area contributed by atoms with E-state index in [0.717, 1.165) is 0 Å². The fourth-order valence-corrected chi connectivity index (χ4v) is 1.58. The van der Waals surface area contributed by atoms with Crippen LogP contribution >= 0.6 is 0 Å². The number of benzene rings is 1. The zero-order valence-corrected chi connectivity index (χ0v) is 11.7. The maximum Gasteiger partial charge on any atom is 0.254 e. The molecule has 20 heavy (non-hydrogen) atoms. The molecular formula is C14H19N3O3. The molecule has 0 aliphatic rings. The summed E-state index contributed by atoms with van der Waals surface area (Å²) in [4.78, 5) is 36.1. The van der Waals surface area contributed by atoms with Crippen molar-refractivity contribution in [1.82, 2.24) is 15.5 Å². The van der Waals surface area contributed by atoms with Gasteiger partial charge in [-0.15, -0.1) is 0 Å². The predicted octanol–water partition coefficient (Wildman–Crippen LogP) is 0.0109. The fraction of sp³-hybridized carbons (Fsp3) is 0.357. The average molecular weight is 277 g/mol. The van der Waals surface area contributed by atoms with Gasteiger partial charge in [-0.25, -0.2) is 0 Å². The standard InChI is InChI=1S/C14H19N3O3/c1-3-15-12(18)9-16-13(19)10-17(2)14(20)11-7-5-4-6-8-11/h4-8H,3,9-10H2,1-2H3,(H,15,18)(H,16,19). The summed E-state index contributed by atoms with van der Waals surface area (Å²) < 4.78 is 0. The van der Waals surface area contributed by atoms with Crippen molar-refractivity contribution in [1.29, 1.82) is 0 Å². The molecule has 0 heterocycles. The number of hydrogen-bond donors (Lipinski definition) is 2. The molecule has 6 heteroatoms. The Labute approximate surface area is 118 Å². The van der Waals surface area contributed by atoms with Gasteiger partial charge in [0.25, 0.3) is 5.91 Å². The number of rotatable bonds is 6. The first-order valence-corrected chi connectivity index (χ1v) is 6.38. The minimum Gasteiger partial charge on any atom is -0.355 e. The topological polar surface area (TPSA) is 78.5 Å². The zero-order chi connectivity index (χ0) is 15.0. The van der Waals surface area contributed by atoms with E-state index >= 15 is 0 Å². The fourth-order valence-electron chi connectivity index (χ4n) is 1.58. The number of likely N-dealkylation sites (N-methyl/N-ethyl adjacent to an activating group) is 2. The molecule has 6 nitrogen and oxygen atoms in total. The van der Waals surface area contributed by atoms with Gasteiger partial charge < -0.3 is 15.5 Å². The van der Waals surface area contributed by atoms with Crippen LogP contribution in [0.1, 0.15) is 17.3 Å². The first-order chi connectivity index (χ1) is 9.54. The van der Waals surface area contributed by atoms with E-state index in [1.807, 2.05) is 6.07 Å². The third kappa shape index (κ3) is 5.09. The van der Waals surface area contributed by atoms with Gasteiger partial charge in [-0.05, 0) is 19.1 Å². The maximum absolute atomic E-state index is 12.0. The lowest BCUT2D eigenvalue weighted by atomic mass is 10.2. The van der Waals surface area contributed by atoms with E-state index in [4.69, 9.17) is 0 Å². The Morgan fingerprint density at radius 2 is 1.70 bits per heavy atom. The van der Waals surface area contributed by atoms with Crippen LogP contribution in [-0.4, -0.2) is 49.3 Å². The van der Waals surface area contributed by atoms with Gasteiger partial charge in [0.1, 0.15) is 0 Å². The van der Waals surface area contributed by atoms with Gasteiger partial charge in [0.05, 0.1) is 13.1 Å². The van der Waals surface area contributed by atoms with Crippen molar-refractivity contribution in [2.75, 3.05) is 26.7 Å². The van der Waals surface area contributed by atoms with Gasteiger partial charge >= 0.3 is 0 Å². The molecule has 2 N–H and O–H groups in total. The lowest BCUT2D eigenvalue weighted by Gasteiger charge is -2.16. The number of amides is 3. The highest BCUT2D eigenvalue weighted by atomic mass is 16.2. The molecular weight excluding hydrogens is 258 g/mol. The first-order valence-electron chi connectivity index (χ1n) is 6.38. The zero-order valence-electron chi connectivity index (χ0n) is 11.7. The van der Waals surface area contributed by atoms with E-state index < -0.39 is 0 Å². The first kappa shape index (κ1) is 15.7. The molecule has 1 aromatic carbocycles. The van der Waals surface area contributed by atoms with Crippen LogP contribution in [-0.2, 0) is 9.59 Å². The average Bonchev–Trinajstić information content (AvgIpc) is 2.45. The summed E-state index contributed by atoms with van der Waals surface area (Å²) in [5.74, 6) is -0.861. The molecule has 108 valence electrons. The van der Waals surface area contributed by atoms with Crippen LogP contribution < -0.4 is 10.6 Å². The van der Waals surface area contributed by atoms with Gasteiger partial charge in [-0.1, -0.05) is 18.2 Å². The summed E-state index contributed by atoms with van der Waals surface area (Å²) in [7, 11) is 1.54. The van der Waals surface area contributed by atoms with Gasteiger partial charge in [-0.2, -0.15) is 0 Å². The van der Waals surface area contributed by atoms with Crippen LogP contribution in [0.3, 0.4) is 0 Å². The highest BCUT2D eigenvalue weighted by Gasteiger charge is 2.14. The Hall–Kier alpha value is -2.37. The molecule has 0 unspecified atom stereocenters. The summed E-state index contributed by atoms with van der Waals surface area (Å²) in [6, 6.07) is 8.71. The van der Waals surface area contributed by atoms with Crippen LogP contribution in [0.5, 0.6) is 0 Å². The Kier molecular flexibility index (Phi) is 6.22. The summed E-state index contributed by atoms with van der Waals surface area (Å²) >= 11 is 0. The van der Waals surface area contributed by atoms with Crippen LogP contribution in [0, 0.1) is 0 Å². The quantitative estimate of drug-likeness (QED) is 0.769. The molecule has 0 bridgehead atoms. The van der Waals surface area contributed by atoms with E-state index in [1.54, 1.807) is 38.2 Å². The second-order valence-corrected chi connectivity index (χ2v) is 4.26. The van der Waals surface area contributed by atoms with Crippen LogP contribution in [0.15, 0.2) is 30.3 Å². The summed E-state index contributed by atoms with van der Waals surface area (Å²) in [5, 5.41) is 5.03. The van der Waals surface area contributed by atoms with Gasteiger partial charge in [0.15, 0.2) is 0 Å². The van der Waals surface area contributed by atoms with Crippen LogP contribution in [0.25, 0.3) is 0 Å². The van der Waals surface area contributed by atoms with E-state index in [1.165, 1.54) is 4.90 Å². The van der Waals surface area contributed by atoms with Crippen LogP contribution in [0.4, 0.5) is 0 Å². The van der Waals surface area contributed by atoms with E-state index in [2.05, 4.69) is 10.6 Å². The summed E-state index contributed by atoms with van der Waals surface area (Å²) in [6.45, 7) is 2.14. The number of carbonyl (C=O) groups excluding carboxylic acids is 3. The third-order valence-electron chi connectivity index (χ3n) is 2.57. The Bertz CT molecular complexity index is 474. The highest BCUT2D eigenvalue weighted by molar-refractivity contribution is 5.96. The molecule has 0 radical (unpaired) electrons. The van der Waals surface area contributed by atoms with Crippen molar-refractivity contribution in [3.63, 3.8) is 0 Å². The SMILES string of the molecule is CCNC(=O)CNC(=O)CN(C)C(=O)c1ccccc1. The van der Waals surface area contributed by atoms with Crippen molar-refractivity contribution < 1.29 is 14.4 Å². The smallest absolute Gasteiger partial charge is 0.254 e. The van der Waals surface area contributed by atoms with E-state index in [-0.39, 0.29) is 30.8 Å². The molecule has 0 saturated heterocycles. The van der Waals surface area contributed by atoms with E-state index in [9.17, 15) is 14.4 Å². The van der Waals surface area contributed by atoms with Crippen molar-refractivity contribution in [2.24, 2.45) is 0 Å². The van der Waals surface area contributed by atoms with Crippen molar-refractivity contribution in [3.05, 3.63) is 35.9 Å². The van der Waals surface area contributed by atoms with Crippen LogP contribution in [0.2, 0.25) is 0 Å². The molecule has 3 amide bonds. The Balaban J connectivity index is 2.42. The maximum atomic E-state index is 12.0. The Morgan fingerprint density at radius 1 is 1.05 bits per heavy atom. The molecule has 0 fully saturated rings. The normalized spacial score (nSPS) is 9.70. The summed E-state index contributed by atoms with van der Waals surface area (Å²) in [6.07, 6.45) is 0. The molecule has 0 aliphatic heterocycles. The predicted molar refractivity (Wildman–Crippen MR) is 75.1 cm³/mol. The largest absolute Gasteiger partial charge is 0.355 e. The minimum absolute atomic E-state index is 0.0833. The highest BCUT2D eigenvalue weighted by Crippen LogP contribution is 2.02. The van der Waals surface area contributed by atoms with Crippen molar-refractivity contribution in [2.45, 2.75) is 6.92 Å². The summed E-state index contributed by atoms with van der Waals surface area (Å²) in [5.41, 5.74) is 0.520. The molecule has 1 rings (SSSR count). The number of nitrogens with zero attached hydrogens (tertiary/aromatic N) is 1. The minimum atomic E-state index is -0.372. The lowest BCUT2D eigenvalue weighted by Crippen LogP contribution is -2.42. The monoisotopic (exact) mass is 277 g/mol. The van der Waals surface area contributed by atoms with Crippen molar-refractivity contribution in [3.8, 4) is 0 Å². The Morgan fingerprint density at radius 3 is 2.30 bits per heavy atom. The van der Waals surface area contributed by atoms with Gasteiger partial charge in [0.2, 0.25) is 11.8 Å². The third-order valence-corrected chi connectivity index (χ3v) is 2.57. The molecule has 1 aromatic rings.